The number of hydrogen-bond donors (Lipinski definition) is 2. The van der Waals surface area contributed by atoms with Crippen molar-refractivity contribution in [2.75, 3.05) is 49.5 Å². The van der Waals surface area contributed by atoms with Gasteiger partial charge in [0.05, 0.1) is 11.9 Å². The summed E-state index contributed by atoms with van der Waals surface area (Å²) >= 11 is 0. The highest BCUT2D eigenvalue weighted by Crippen LogP contribution is 2.27. The minimum Gasteiger partial charge on any atom is -0.406 e. The molecule has 0 bridgehead atoms. The van der Waals surface area contributed by atoms with E-state index in [1.54, 1.807) is 4.90 Å². The summed E-state index contributed by atoms with van der Waals surface area (Å²) in [6.07, 6.45) is -3.88. The number of carbonyl (C=O) groups is 1. The predicted octanol–water partition coefficient (Wildman–Crippen LogP) is 3.19. The fraction of sp³-hybridized carbons (Fsp3) is 0.400. The Morgan fingerprint density at radius 3 is 2.56 bits per heavy atom. The van der Waals surface area contributed by atoms with Gasteiger partial charge in [0.25, 0.3) is 0 Å². The highest BCUT2D eigenvalue weighted by Gasteiger charge is 2.31. The van der Waals surface area contributed by atoms with Crippen LogP contribution in [0.2, 0.25) is 0 Å². The molecule has 0 saturated carbocycles. The minimum absolute atomic E-state index is 0.00791. The van der Waals surface area contributed by atoms with E-state index in [1.165, 1.54) is 24.3 Å². The molecule has 1 amide bonds. The van der Waals surface area contributed by atoms with E-state index in [-0.39, 0.29) is 24.1 Å². The number of carbonyl (C=O) groups excluding carboxylic acids is 1. The van der Waals surface area contributed by atoms with Gasteiger partial charge in [0, 0.05) is 50.7 Å². The molecule has 2 aliphatic rings. The number of halogens is 3. The molecule has 0 radical (unpaired) electrons. The molecule has 2 aromatic carbocycles. The van der Waals surface area contributed by atoms with E-state index >= 15 is 0 Å². The molecule has 3 heterocycles. The lowest BCUT2D eigenvalue weighted by molar-refractivity contribution is -0.274. The van der Waals surface area contributed by atoms with Gasteiger partial charge >= 0.3 is 6.36 Å². The van der Waals surface area contributed by atoms with Gasteiger partial charge in [0.2, 0.25) is 11.9 Å². The molecule has 2 saturated heterocycles. The monoisotopic (exact) mass is 500 g/mol. The minimum atomic E-state index is -4.74. The van der Waals surface area contributed by atoms with Crippen LogP contribution in [0.4, 0.5) is 24.9 Å². The maximum absolute atomic E-state index is 12.8. The quantitative estimate of drug-likeness (QED) is 0.538. The van der Waals surface area contributed by atoms with E-state index in [0.29, 0.717) is 24.6 Å². The van der Waals surface area contributed by atoms with E-state index in [4.69, 9.17) is 9.97 Å². The van der Waals surface area contributed by atoms with Gasteiger partial charge in [-0.1, -0.05) is 24.3 Å². The fourth-order valence-corrected chi connectivity index (χ4v) is 4.62. The van der Waals surface area contributed by atoms with Crippen molar-refractivity contribution < 1.29 is 22.7 Å². The Hall–Kier alpha value is -3.60. The zero-order valence-corrected chi connectivity index (χ0v) is 19.6. The average Bonchev–Trinajstić information content (AvgIpc) is 3.33. The SMILES string of the molecule is O=C(Cc1ccc(OC(F)(F)F)cc1)N1CC[C@H](Nc2nc(N3CCNCC3)c3ccccc3n2)C1. The Morgan fingerprint density at radius 2 is 1.81 bits per heavy atom. The largest absolute Gasteiger partial charge is 0.573 e. The van der Waals surface area contributed by atoms with Crippen molar-refractivity contribution in [1.29, 1.82) is 0 Å². The molecule has 11 heteroatoms. The third kappa shape index (κ3) is 5.78. The number of para-hydroxylation sites is 1. The molecule has 2 aliphatic heterocycles. The van der Waals surface area contributed by atoms with E-state index in [0.717, 1.165) is 49.3 Å². The van der Waals surface area contributed by atoms with E-state index < -0.39 is 6.36 Å². The molecule has 0 aliphatic carbocycles. The topological polar surface area (TPSA) is 82.6 Å². The number of alkyl halides is 3. The van der Waals surface area contributed by atoms with E-state index in [9.17, 15) is 18.0 Å². The van der Waals surface area contributed by atoms with Gasteiger partial charge in [-0.2, -0.15) is 4.98 Å². The van der Waals surface area contributed by atoms with Crippen LogP contribution in [-0.4, -0.2) is 72.4 Å². The van der Waals surface area contributed by atoms with Gasteiger partial charge in [-0.25, -0.2) is 4.98 Å². The van der Waals surface area contributed by atoms with Crippen LogP contribution >= 0.6 is 0 Å². The number of anilines is 2. The number of amides is 1. The first-order valence-corrected chi connectivity index (χ1v) is 12.0. The summed E-state index contributed by atoms with van der Waals surface area (Å²) in [6, 6.07) is 13.4. The van der Waals surface area contributed by atoms with Crippen LogP contribution in [0.3, 0.4) is 0 Å². The number of fused-ring (bicyclic) bond motifs is 1. The molecule has 3 aromatic rings. The normalized spacial score (nSPS) is 18.5. The summed E-state index contributed by atoms with van der Waals surface area (Å²) in [4.78, 5) is 26.4. The van der Waals surface area contributed by atoms with Gasteiger partial charge in [-0.15, -0.1) is 13.2 Å². The van der Waals surface area contributed by atoms with Crippen molar-refractivity contribution >= 4 is 28.6 Å². The summed E-state index contributed by atoms with van der Waals surface area (Å²) < 4.78 is 40.9. The van der Waals surface area contributed by atoms with Crippen molar-refractivity contribution in [3.8, 4) is 5.75 Å². The highest BCUT2D eigenvalue weighted by molar-refractivity contribution is 5.90. The fourth-order valence-electron chi connectivity index (χ4n) is 4.62. The molecular weight excluding hydrogens is 473 g/mol. The highest BCUT2D eigenvalue weighted by atomic mass is 19.4. The molecule has 1 aromatic heterocycles. The summed E-state index contributed by atoms with van der Waals surface area (Å²) in [5.41, 5.74) is 1.50. The van der Waals surface area contributed by atoms with E-state index in [1.807, 2.05) is 24.3 Å². The number of rotatable bonds is 6. The van der Waals surface area contributed by atoms with Crippen LogP contribution in [0.1, 0.15) is 12.0 Å². The molecule has 2 fully saturated rings. The van der Waals surface area contributed by atoms with Crippen molar-refractivity contribution in [2.24, 2.45) is 0 Å². The number of likely N-dealkylation sites (tertiary alicyclic amines) is 1. The number of hydrogen-bond acceptors (Lipinski definition) is 7. The van der Waals surface area contributed by atoms with Gasteiger partial charge in [-0.3, -0.25) is 4.79 Å². The zero-order valence-electron chi connectivity index (χ0n) is 19.6. The molecule has 5 rings (SSSR count). The first-order chi connectivity index (χ1) is 17.3. The van der Waals surface area contributed by atoms with Gasteiger partial charge in [-0.05, 0) is 36.2 Å². The molecule has 8 nitrogen and oxygen atoms in total. The summed E-state index contributed by atoms with van der Waals surface area (Å²) in [5.74, 6) is 1.07. The Balaban J connectivity index is 1.22. The van der Waals surface area contributed by atoms with Crippen LogP contribution in [0.15, 0.2) is 48.5 Å². The average molecular weight is 501 g/mol. The maximum atomic E-state index is 12.8. The zero-order chi connectivity index (χ0) is 25.1. The molecule has 2 N–H and O–H groups in total. The van der Waals surface area contributed by atoms with Crippen LogP contribution in [0.5, 0.6) is 5.75 Å². The molecule has 1 atom stereocenters. The Morgan fingerprint density at radius 1 is 1.06 bits per heavy atom. The second kappa shape index (κ2) is 10.2. The van der Waals surface area contributed by atoms with Crippen LogP contribution in [-0.2, 0) is 11.2 Å². The van der Waals surface area contributed by atoms with Gasteiger partial charge < -0.3 is 25.2 Å². The van der Waals surface area contributed by atoms with Crippen LogP contribution < -0.4 is 20.3 Å². The summed E-state index contributed by atoms with van der Waals surface area (Å²) in [7, 11) is 0. The number of aromatic nitrogens is 2. The number of nitrogens with zero attached hydrogens (tertiary/aromatic N) is 4. The first-order valence-electron chi connectivity index (χ1n) is 12.0. The van der Waals surface area contributed by atoms with Crippen LogP contribution in [0, 0.1) is 0 Å². The third-order valence-corrected chi connectivity index (χ3v) is 6.39. The van der Waals surface area contributed by atoms with E-state index in [2.05, 4.69) is 20.3 Å². The van der Waals surface area contributed by atoms with Crippen LogP contribution in [0.25, 0.3) is 10.9 Å². The lowest BCUT2D eigenvalue weighted by Crippen LogP contribution is -2.44. The number of piperazine rings is 1. The lowest BCUT2D eigenvalue weighted by Gasteiger charge is -2.29. The molecule has 190 valence electrons. The Bertz CT molecular complexity index is 1210. The molecular formula is C25H27F3N6O2. The smallest absolute Gasteiger partial charge is 0.406 e. The first kappa shape index (κ1) is 24.1. The van der Waals surface area contributed by atoms with Gasteiger partial charge in [0.15, 0.2) is 0 Å². The summed E-state index contributed by atoms with van der Waals surface area (Å²) in [6.45, 7) is 4.64. The van der Waals surface area contributed by atoms with Crippen molar-refractivity contribution in [3.63, 3.8) is 0 Å². The number of nitrogens with one attached hydrogen (secondary N) is 2. The second-order valence-corrected chi connectivity index (χ2v) is 8.96. The number of ether oxygens (including phenoxy) is 1. The predicted molar refractivity (Wildman–Crippen MR) is 130 cm³/mol. The van der Waals surface area contributed by atoms with Crippen molar-refractivity contribution in [1.82, 2.24) is 20.2 Å². The van der Waals surface area contributed by atoms with Crippen molar-refractivity contribution in [3.05, 3.63) is 54.1 Å². The van der Waals surface area contributed by atoms with Gasteiger partial charge in [0.1, 0.15) is 11.6 Å². The molecule has 0 spiro atoms. The second-order valence-electron chi connectivity index (χ2n) is 8.96. The summed E-state index contributed by atoms with van der Waals surface area (Å²) in [5, 5.41) is 7.78. The lowest BCUT2D eigenvalue weighted by atomic mass is 10.1. The van der Waals surface area contributed by atoms with Crippen molar-refractivity contribution in [2.45, 2.75) is 25.2 Å². The number of benzene rings is 2. The molecule has 36 heavy (non-hydrogen) atoms. The Labute approximate surface area is 206 Å². The molecule has 0 unspecified atom stereocenters. The maximum Gasteiger partial charge on any atom is 0.573 e. The third-order valence-electron chi connectivity index (χ3n) is 6.39. The standard InChI is InChI=1S/C25H27F3N6O2/c26-25(27,28)36-19-7-5-17(6-8-19)15-22(35)34-12-9-18(16-34)30-24-31-21-4-2-1-3-20(21)23(32-24)33-13-10-29-11-14-33/h1-8,18,29H,9-16H2,(H,30,31,32)/t18-/m0/s1. The Kier molecular flexibility index (Phi) is 6.82.